The highest BCUT2D eigenvalue weighted by Gasteiger charge is 2.17. The Morgan fingerprint density at radius 1 is 1.32 bits per heavy atom. The zero-order valence-electron chi connectivity index (χ0n) is 12.8. The van der Waals surface area contributed by atoms with Crippen molar-refractivity contribution in [2.45, 2.75) is 6.54 Å². The van der Waals surface area contributed by atoms with Gasteiger partial charge < -0.3 is 5.32 Å². The summed E-state index contributed by atoms with van der Waals surface area (Å²) in [6, 6.07) is 5.30. The fraction of sp³-hybridized carbons (Fsp3) is 0.133. The molecule has 0 spiro atoms. The summed E-state index contributed by atoms with van der Waals surface area (Å²) in [6.07, 6.45) is 3.54. The predicted octanol–water partition coefficient (Wildman–Crippen LogP) is 4.59. The van der Waals surface area contributed by atoms with Gasteiger partial charge in [-0.2, -0.15) is 10.2 Å². The summed E-state index contributed by atoms with van der Waals surface area (Å²) in [4.78, 5) is 12.4. The first-order valence-corrected chi connectivity index (χ1v) is 9.63. The number of hydrogen-bond acceptors (Lipinski definition) is 3. The number of carbonyl (C=O) groups excluding carboxylic acids is 1. The van der Waals surface area contributed by atoms with Gasteiger partial charge in [0, 0.05) is 29.5 Å². The molecule has 10 heteroatoms. The maximum absolute atomic E-state index is 12.4. The first-order valence-electron chi connectivity index (χ1n) is 7.01. The molecule has 0 atom stereocenters. The van der Waals surface area contributed by atoms with Gasteiger partial charge in [0.05, 0.1) is 14.6 Å². The van der Waals surface area contributed by atoms with Crippen LogP contribution in [0.5, 0.6) is 0 Å². The van der Waals surface area contributed by atoms with Crippen LogP contribution in [0.4, 0.5) is 5.82 Å². The standard InChI is InChI=1S/C15H11BrCl2IN5O/c1-23-7-12(19)13(21-23)15(25)20-14-10(16)6-24(22-14)5-8-2-3-9(17)4-11(8)18/h2-4,6-7H,5H2,1H3,(H,20,22,25). The van der Waals surface area contributed by atoms with E-state index in [1.165, 1.54) is 0 Å². The normalized spacial score (nSPS) is 10.9. The zero-order valence-corrected chi connectivity index (χ0v) is 18.1. The van der Waals surface area contributed by atoms with Gasteiger partial charge >= 0.3 is 0 Å². The summed E-state index contributed by atoms with van der Waals surface area (Å²) in [5.74, 6) is 0.0945. The van der Waals surface area contributed by atoms with E-state index < -0.39 is 0 Å². The first kappa shape index (κ1) is 18.7. The number of carbonyl (C=O) groups is 1. The summed E-state index contributed by atoms with van der Waals surface area (Å²) in [6.45, 7) is 0.450. The lowest BCUT2D eigenvalue weighted by Gasteiger charge is -2.05. The molecule has 0 saturated heterocycles. The van der Waals surface area contributed by atoms with E-state index in [0.29, 0.717) is 32.6 Å². The van der Waals surface area contributed by atoms with Crippen molar-refractivity contribution >= 4 is 73.4 Å². The van der Waals surface area contributed by atoms with Gasteiger partial charge in [0.25, 0.3) is 5.91 Å². The van der Waals surface area contributed by atoms with Gasteiger partial charge in [0.2, 0.25) is 0 Å². The number of aryl methyl sites for hydroxylation is 1. The van der Waals surface area contributed by atoms with Crippen LogP contribution in [0, 0.1) is 3.57 Å². The van der Waals surface area contributed by atoms with Crippen molar-refractivity contribution in [2.24, 2.45) is 7.05 Å². The van der Waals surface area contributed by atoms with Gasteiger partial charge in [0.15, 0.2) is 11.5 Å². The molecule has 0 aliphatic heterocycles. The van der Waals surface area contributed by atoms with E-state index in [0.717, 1.165) is 9.13 Å². The molecule has 130 valence electrons. The molecule has 3 rings (SSSR count). The molecule has 6 nitrogen and oxygen atoms in total. The van der Waals surface area contributed by atoms with Gasteiger partial charge in [-0.05, 0) is 56.2 Å². The van der Waals surface area contributed by atoms with E-state index >= 15 is 0 Å². The Balaban J connectivity index is 1.78. The SMILES string of the molecule is Cn1cc(I)c(C(=O)Nc2nn(Cc3ccc(Cl)cc3Cl)cc2Br)n1. The molecule has 1 N–H and O–H groups in total. The van der Waals surface area contributed by atoms with Crippen molar-refractivity contribution in [3.8, 4) is 0 Å². The number of rotatable bonds is 4. The molecule has 1 amide bonds. The lowest BCUT2D eigenvalue weighted by atomic mass is 10.2. The summed E-state index contributed by atoms with van der Waals surface area (Å²) < 4.78 is 4.70. The average Bonchev–Trinajstić information content (AvgIpc) is 3.04. The second-order valence-corrected chi connectivity index (χ2v) is 8.07. The Hall–Kier alpha value is -1.10. The average molecular weight is 555 g/mol. The van der Waals surface area contributed by atoms with Crippen LogP contribution in [0.3, 0.4) is 0 Å². The van der Waals surface area contributed by atoms with E-state index in [-0.39, 0.29) is 5.91 Å². The lowest BCUT2D eigenvalue weighted by Crippen LogP contribution is -2.15. The highest BCUT2D eigenvalue weighted by atomic mass is 127. The van der Waals surface area contributed by atoms with Crippen molar-refractivity contribution < 1.29 is 4.79 Å². The number of halogens is 4. The number of amides is 1. The van der Waals surface area contributed by atoms with Crippen LogP contribution >= 0.6 is 61.7 Å². The van der Waals surface area contributed by atoms with Gasteiger partial charge in [0.1, 0.15) is 0 Å². The van der Waals surface area contributed by atoms with Crippen LogP contribution in [-0.2, 0) is 13.6 Å². The number of anilines is 1. The Morgan fingerprint density at radius 3 is 2.72 bits per heavy atom. The molecule has 25 heavy (non-hydrogen) atoms. The third-order valence-corrected chi connectivity index (χ3v) is 5.25. The van der Waals surface area contributed by atoms with E-state index in [9.17, 15) is 4.79 Å². The smallest absolute Gasteiger partial charge is 0.278 e. The van der Waals surface area contributed by atoms with Crippen LogP contribution in [0.1, 0.15) is 16.1 Å². The molecular formula is C15H11BrCl2IN5O. The maximum atomic E-state index is 12.4. The highest BCUT2D eigenvalue weighted by Crippen LogP contribution is 2.25. The van der Waals surface area contributed by atoms with E-state index in [4.69, 9.17) is 23.2 Å². The molecule has 0 radical (unpaired) electrons. The number of hydrogen-bond donors (Lipinski definition) is 1. The van der Waals surface area contributed by atoms with Crippen molar-refractivity contribution in [3.05, 3.63) is 59.9 Å². The van der Waals surface area contributed by atoms with Crippen molar-refractivity contribution in [2.75, 3.05) is 5.32 Å². The summed E-state index contributed by atoms with van der Waals surface area (Å²) in [7, 11) is 1.76. The van der Waals surface area contributed by atoms with Gasteiger partial charge in [-0.1, -0.05) is 29.3 Å². The second kappa shape index (κ2) is 7.65. The molecule has 1 aromatic carbocycles. The van der Waals surface area contributed by atoms with Crippen molar-refractivity contribution in [1.82, 2.24) is 19.6 Å². The topological polar surface area (TPSA) is 64.7 Å². The fourth-order valence-electron chi connectivity index (χ4n) is 2.17. The Kier molecular flexibility index (Phi) is 5.71. The second-order valence-electron chi connectivity index (χ2n) is 5.21. The van der Waals surface area contributed by atoms with Crippen LogP contribution in [-0.4, -0.2) is 25.5 Å². The molecule has 0 aliphatic rings. The minimum atomic E-state index is -0.319. The van der Waals surface area contributed by atoms with E-state index in [1.54, 1.807) is 40.9 Å². The number of nitrogens with one attached hydrogen (secondary N) is 1. The lowest BCUT2D eigenvalue weighted by molar-refractivity contribution is 0.102. The number of nitrogens with zero attached hydrogens (tertiary/aromatic N) is 4. The molecule has 0 unspecified atom stereocenters. The van der Waals surface area contributed by atoms with Gasteiger partial charge in [-0.25, -0.2) is 0 Å². The summed E-state index contributed by atoms with van der Waals surface area (Å²) in [5.41, 5.74) is 1.23. The van der Waals surface area contributed by atoms with Gasteiger partial charge in [-0.3, -0.25) is 14.2 Å². The Labute approximate surface area is 175 Å². The van der Waals surface area contributed by atoms with E-state index in [2.05, 4.69) is 54.0 Å². The minimum Gasteiger partial charge on any atom is -0.303 e. The zero-order chi connectivity index (χ0) is 18.1. The predicted molar refractivity (Wildman–Crippen MR) is 109 cm³/mol. The first-order chi connectivity index (χ1) is 11.8. The molecule has 0 saturated carbocycles. The van der Waals surface area contributed by atoms with Crippen molar-refractivity contribution in [3.63, 3.8) is 0 Å². The Bertz CT molecular complexity index is 956. The third-order valence-electron chi connectivity index (χ3n) is 3.30. The van der Waals surface area contributed by atoms with Crippen LogP contribution < -0.4 is 5.32 Å². The molecule has 0 fully saturated rings. The molecule has 0 bridgehead atoms. The largest absolute Gasteiger partial charge is 0.303 e. The monoisotopic (exact) mass is 553 g/mol. The molecule has 3 aromatic rings. The molecular weight excluding hydrogens is 544 g/mol. The van der Waals surface area contributed by atoms with Crippen LogP contribution in [0.25, 0.3) is 0 Å². The van der Waals surface area contributed by atoms with Crippen LogP contribution in [0.2, 0.25) is 10.0 Å². The van der Waals surface area contributed by atoms with E-state index in [1.807, 2.05) is 6.07 Å². The van der Waals surface area contributed by atoms with Gasteiger partial charge in [-0.15, -0.1) is 0 Å². The summed E-state index contributed by atoms with van der Waals surface area (Å²) in [5, 5.41) is 12.4. The number of benzene rings is 1. The summed E-state index contributed by atoms with van der Waals surface area (Å²) >= 11 is 17.6. The quantitative estimate of drug-likeness (QED) is 0.480. The highest BCUT2D eigenvalue weighted by molar-refractivity contribution is 14.1. The number of aromatic nitrogens is 4. The molecule has 2 heterocycles. The minimum absolute atomic E-state index is 0.319. The maximum Gasteiger partial charge on any atom is 0.278 e. The fourth-order valence-corrected chi connectivity index (χ4v) is 3.81. The molecule has 0 aliphatic carbocycles. The Morgan fingerprint density at radius 2 is 2.08 bits per heavy atom. The third kappa shape index (κ3) is 4.36. The van der Waals surface area contributed by atoms with Crippen LogP contribution in [0.15, 0.2) is 35.1 Å². The van der Waals surface area contributed by atoms with Crippen molar-refractivity contribution in [1.29, 1.82) is 0 Å². The molecule has 2 aromatic heterocycles.